The molecule has 0 heterocycles. The van der Waals surface area contributed by atoms with Crippen molar-refractivity contribution in [3.63, 3.8) is 0 Å². The second kappa shape index (κ2) is 6.06. The van der Waals surface area contributed by atoms with Gasteiger partial charge in [-0.15, -0.1) is 0 Å². The van der Waals surface area contributed by atoms with Crippen molar-refractivity contribution >= 4 is 27.3 Å². The second-order valence-corrected chi connectivity index (χ2v) is 4.30. The first-order chi connectivity index (χ1) is 7.56. The molecule has 0 bridgehead atoms. The Labute approximate surface area is 104 Å². The molecule has 0 aliphatic rings. The van der Waals surface area contributed by atoms with Crippen molar-refractivity contribution in [2.45, 2.75) is 6.92 Å². The lowest BCUT2D eigenvalue weighted by Crippen LogP contribution is -2.23. The number of likely N-dealkylation sites (N-methyl/N-ethyl adjacent to an activating group) is 1. The van der Waals surface area contributed by atoms with Crippen molar-refractivity contribution in [3.05, 3.63) is 22.4 Å². The highest BCUT2D eigenvalue weighted by Gasteiger charge is 2.09. The molecule has 0 saturated carbocycles. The monoisotopic (exact) mass is 290 g/mol. The molecule has 90 valence electrons. The quantitative estimate of drug-likeness (QED) is 0.669. The van der Waals surface area contributed by atoms with Gasteiger partial charge in [0.05, 0.1) is 22.5 Å². The predicted molar refractivity (Wildman–Crippen MR) is 68.3 cm³/mol. The number of nitrogens with zero attached hydrogens (tertiary/aromatic N) is 1. The number of halogens is 2. The van der Waals surface area contributed by atoms with Gasteiger partial charge in [-0.2, -0.15) is 0 Å². The van der Waals surface area contributed by atoms with Gasteiger partial charge in [0.15, 0.2) is 0 Å². The Morgan fingerprint density at radius 3 is 2.81 bits per heavy atom. The molecule has 0 saturated heterocycles. The van der Waals surface area contributed by atoms with Crippen molar-refractivity contribution < 1.29 is 9.13 Å². The van der Waals surface area contributed by atoms with Crippen LogP contribution in [0.25, 0.3) is 0 Å². The molecule has 1 aromatic rings. The van der Waals surface area contributed by atoms with Gasteiger partial charge in [0.25, 0.3) is 0 Å². The number of hydrogen-bond acceptors (Lipinski definition) is 3. The van der Waals surface area contributed by atoms with Crippen molar-refractivity contribution in [2.24, 2.45) is 0 Å². The Balaban J connectivity index is 2.75. The van der Waals surface area contributed by atoms with Crippen molar-refractivity contribution in [1.29, 1.82) is 0 Å². The van der Waals surface area contributed by atoms with Gasteiger partial charge in [-0.3, -0.25) is 0 Å². The molecule has 0 aromatic heterocycles. The predicted octanol–water partition coefficient (Wildman–Crippen LogP) is 2.64. The topological polar surface area (TPSA) is 38.5 Å². The largest absolute Gasteiger partial charge is 0.397 e. The number of hydrogen-bond donors (Lipinski definition) is 1. The smallest absolute Gasteiger partial charge is 0.139 e. The van der Waals surface area contributed by atoms with Crippen molar-refractivity contribution in [3.8, 4) is 0 Å². The molecule has 16 heavy (non-hydrogen) atoms. The summed E-state index contributed by atoms with van der Waals surface area (Å²) in [6.07, 6.45) is 0. The summed E-state index contributed by atoms with van der Waals surface area (Å²) in [4.78, 5) is 1.94. The zero-order valence-corrected chi connectivity index (χ0v) is 11.1. The number of rotatable bonds is 5. The molecule has 5 heteroatoms. The molecule has 0 aliphatic carbocycles. The van der Waals surface area contributed by atoms with Gasteiger partial charge in [-0.1, -0.05) is 0 Å². The minimum atomic E-state index is -0.348. The Bertz CT molecular complexity index is 360. The van der Waals surface area contributed by atoms with Gasteiger partial charge >= 0.3 is 0 Å². The van der Waals surface area contributed by atoms with E-state index in [0.29, 0.717) is 23.4 Å². The fourth-order valence-corrected chi connectivity index (χ4v) is 1.68. The Morgan fingerprint density at radius 1 is 1.50 bits per heavy atom. The molecule has 0 unspecified atom stereocenters. The van der Waals surface area contributed by atoms with Crippen LogP contribution in [0.3, 0.4) is 0 Å². The van der Waals surface area contributed by atoms with Gasteiger partial charge < -0.3 is 15.4 Å². The third-order valence-corrected chi connectivity index (χ3v) is 2.86. The van der Waals surface area contributed by atoms with E-state index in [1.807, 2.05) is 18.9 Å². The zero-order chi connectivity index (χ0) is 12.1. The Kier molecular flexibility index (Phi) is 5.02. The van der Waals surface area contributed by atoms with Gasteiger partial charge in [-0.05, 0) is 28.9 Å². The first-order valence-corrected chi connectivity index (χ1v) is 5.89. The molecular formula is C11H16BrFN2O. The molecule has 0 spiro atoms. The normalized spacial score (nSPS) is 10.5. The lowest BCUT2D eigenvalue weighted by atomic mass is 10.2. The van der Waals surface area contributed by atoms with Crippen molar-refractivity contribution in [2.75, 3.05) is 37.4 Å². The Hall–Kier alpha value is -0.810. The van der Waals surface area contributed by atoms with E-state index < -0.39 is 0 Å². The lowest BCUT2D eigenvalue weighted by Gasteiger charge is -2.21. The van der Waals surface area contributed by atoms with Crippen LogP contribution in [0.15, 0.2) is 16.6 Å². The van der Waals surface area contributed by atoms with Crippen LogP contribution in [0.4, 0.5) is 15.8 Å². The number of ether oxygens (including phenoxy) is 1. The van der Waals surface area contributed by atoms with E-state index >= 15 is 0 Å². The molecule has 0 radical (unpaired) electrons. The van der Waals surface area contributed by atoms with Crippen LogP contribution < -0.4 is 10.6 Å². The van der Waals surface area contributed by atoms with Crippen LogP contribution in [0, 0.1) is 5.82 Å². The van der Waals surface area contributed by atoms with Gasteiger partial charge in [0.1, 0.15) is 5.82 Å². The van der Waals surface area contributed by atoms with E-state index in [2.05, 4.69) is 15.9 Å². The van der Waals surface area contributed by atoms with E-state index in [1.165, 1.54) is 6.07 Å². The van der Waals surface area contributed by atoms with E-state index in [4.69, 9.17) is 10.5 Å². The lowest BCUT2D eigenvalue weighted by molar-refractivity contribution is 0.154. The minimum absolute atomic E-state index is 0.348. The first-order valence-electron chi connectivity index (χ1n) is 5.09. The molecule has 0 fully saturated rings. The van der Waals surface area contributed by atoms with Crippen LogP contribution in [0.1, 0.15) is 6.92 Å². The summed E-state index contributed by atoms with van der Waals surface area (Å²) in [5.74, 6) is -0.348. The highest BCUT2D eigenvalue weighted by atomic mass is 79.9. The summed E-state index contributed by atoms with van der Waals surface area (Å²) >= 11 is 3.14. The summed E-state index contributed by atoms with van der Waals surface area (Å²) < 4.78 is 18.8. The maximum absolute atomic E-state index is 13.2. The van der Waals surface area contributed by atoms with Crippen molar-refractivity contribution in [1.82, 2.24) is 0 Å². The fourth-order valence-electron chi connectivity index (χ4n) is 1.35. The highest BCUT2D eigenvalue weighted by molar-refractivity contribution is 9.10. The average molecular weight is 291 g/mol. The number of anilines is 2. The molecular weight excluding hydrogens is 275 g/mol. The summed E-state index contributed by atoms with van der Waals surface area (Å²) in [7, 11) is 1.90. The maximum atomic E-state index is 13.2. The fraction of sp³-hybridized carbons (Fsp3) is 0.455. The minimum Gasteiger partial charge on any atom is -0.397 e. The number of nitrogen functional groups attached to an aromatic ring is 1. The maximum Gasteiger partial charge on any atom is 0.139 e. The number of nitrogens with two attached hydrogens (primary N) is 1. The third-order valence-electron chi connectivity index (χ3n) is 2.26. The summed E-state index contributed by atoms with van der Waals surface area (Å²) in [5.41, 5.74) is 6.98. The molecule has 1 rings (SSSR count). The molecule has 3 nitrogen and oxygen atoms in total. The van der Waals surface area contributed by atoms with Crippen LogP contribution in [-0.4, -0.2) is 26.8 Å². The van der Waals surface area contributed by atoms with Gasteiger partial charge in [-0.25, -0.2) is 4.39 Å². The van der Waals surface area contributed by atoms with Crippen LogP contribution >= 0.6 is 15.9 Å². The van der Waals surface area contributed by atoms with Gasteiger partial charge in [0, 0.05) is 26.3 Å². The Morgan fingerprint density at radius 2 is 2.19 bits per heavy atom. The van der Waals surface area contributed by atoms with E-state index in [9.17, 15) is 4.39 Å². The number of benzene rings is 1. The first kappa shape index (κ1) is 13.3. The van der Waals surface area contributed by atoms with E-state index in [0.717, 1.165) is 12.2 Å². The second-order valence-electron chi connectivity index (χ2n) is 3.44. The summed E-state index contributed by atoms with van der Waals surface area (Å²) in [5, 5.41) is 0. The molecule has 1 aromatic carbocycles. The summed E-state index contributed by atoms with van der Waals surface area (Å²) in [6.45, 7) is 3.98. The third kappa shape index (κ3) is 3.35. The summed E-state index contributed by atoms with van der Waals surface area (Å²) in [6, 6.07) is 2.99. The standard InChI is InChI=1S/C11H16BrFN2O/c1-3-16-5-4-15(2)11-6-8(12)9(13)7-10(11)14/h6-7H,3-5,14H2,1-2H3. The molecule has 0 amide bonds. The SMILES string of the molecule is CCOCCN(C)c1cc(Br)c(F)cc1N. The molecule has 0 atom stereocenters. The molecule has 2 N–H and O–H groups in total. The molecule has 0 aliphatic heterocycles. The van der Waals surface area contributed by atoms with Crippen LogP contribution in [0.5, 0.6) is 0 Å². The van der Waals surface area contributed by atoms with Crippen LogP contribution in [0.2, 0.25) is 0 Å². The highest BCUT2D eigenvalue weighted by Crippen LogP contribution is 2.28. The van der Waals surface area contributed by atoms with Gasteiger partial charge in [0.2, 0.25) is 0 Å². The average Bonchev–Trinajstić information content (AvgIpc) is 2.23. The van der Waals surface area contributed by atoms with E-state index in [-0.39, 0.29) is 5.82 Å². The van der Waals surface area contributed by atoms with Crippen LogP contribution in [-0.2, 0) is 4.74 Å². The van der Waals surface area contributed by atoms with E-state index in [1.54, 1.807) is 6.07 Å². The zero-order valence-electron chi connectivity index (χ0n) is 9.46.